The van der Waals surface area contributed by atoms with Gasteiger partial charge >= 0.3 is 5.97 Å². The van der Waals surface area contributed by atoms with E-state index in [-0.39, 0.29) is 24.2 Å². The summed E-state index contributed by atoms with van der Waals surface area (Å²) in [5, 5.41) is 0.605. The Bertz CT molecular complexity index is 933. The van der Waals surface area contributed by atoms with Gasteiger partial charge in [0.15, 0.2) is 23.1 Å². The van der Waals surface area contributed by atoms with Crippen molar-refractivity contribution in [1.29, 1.82) is 0 Å². The number of aryl methyl sites for hydroxylation is 1. The van der Waals surface area contributed by atoms with Crippen LogP contribution in [-0.4, -0.2) is 34.4 Å². The number of rotatable bonds is 7. The van der Waals surface area contributed by atoms with Crippen molar-refractivity contribution in [2.45, 2.75) is 33.4 Å². The van der Waals surface area contributed by atoms with E-state index >= 15 is 0 Å². The van der Waals surface area contributed by atoms with Crippen molar-refractivity contribution in [3.05, 3.63) is 64.9 Å². The molecule has 0 saturated carbocycles. The van der Waals surface area contributed by atoms with Crippen LogP contribution in [0, 0.1) is 6.92 Å². The molecule has 0 spiro atoms. The molecule has 0 aliphatic carbocycles. The molecule has 0 N–H and O–H groups in total. The highest BCUT2D eigenvalue weighted by Gasteiger charge is 2.22. The molecule has 0 fully saturated rings. The molecule has 6 nitrogen and oxygen atoms in total. The monoisotopic (exact) mass is 398 g/mol. The Morgan fingerprint density at radius 3 is 2.57 bits per heavy atom. The van der Waals surface area contributed by atoms with Crippen LogP contribution in [-0.2, 0) is 16.1 Å². The average molecular weight is 398 g/mol. The van der Waals surface area contributed by atoms with Gasteiger partial charge < -0.3 is 14.1 Å². The number of carbonyl (C=O) groups is 2. The number of esters is 1. The van der Waals surface area contributed by atoms with Gasteiger partial charge in [0.2, 0.25) is 0 Å². The molecule has 2 aromatic heterocycles. The largest absolute Gasteiger partial charge is 0.462 e. The molecular formula is C21H22N2O4S. The highest BCUT2D eigenvalue weighted by atomic mass is 32.1. The molecule has 3 aromatic rings. The number of aromatic nitrogens is 1. The summed E-state index contributed by atoms with van der Waals surface area (Å²) >= 11 is 1.35. The number of ether oxygens (including phenoxy) is 1. The number of furan rings is 1. The Morgan fingerprint density at radius 1 is 1.18 bits per heavy atom. The number of carbonyl (C=O) groups excluding carboxylic acids is 2. The van der Waals surface area contributed by atoms with E-state index in [1.165, 1.54) is 11.3 Å². The molecule has 0 aliphatic rings. The minimum Gasteiger partial charge on any atom is -0.462 e. The molecular weight excluding hydrogens is 376 g/mol. The number of thiazole rings is 1. The molecule has 0 unspecified atom stereocenters. The molecule has 0 atom stereocenters. The molecule has 0 radical (unpaired) electrons. The molecule has 1 amide bonds. The summed E-state index contributed by atoms with van der Waals surface area (Å²) in [6.45, 7) is 5.80. The lowest BCUT2D eigenvalue weighted by atomic mass is 10.2. The van der Waals surface area contributed by atoms with Crippen LogP contribution in [0.2, 0.25) is 0 Å². The topological polar surface area (TPSA) is 72.6 Å². The van der Waals surface area contributed by atoms with Crippen LogP contribution in [0.25, 0.3) is 10.8 Å². The van der Waals surface area contributed by atoms with Crippen LogP contribution in [0.3, 0.4) is 0 Å². The van der Waals surface area contributed by atoms with Crippen molar-refractivity contribution in [2.24, 2.45) is 0 Å². The van der Waals surface area contributed by atoms with Crippen LogP contribution >= 0.6 is 11.3 Å². The summed E-state index contributed by atoms with van der Waals surface area (Å²) in [5.74, 6) is -0.258. The van der Waals surface area contributed by atoms with E-state index in [1.807, 2.05) is 44.2 Å². The average Bonchev–Trinajstić information content (AvgIpc) is 3.34. The standard InChI is InChI=1S/C21H22N2O4S/c1-14(2)23(12-16-8-5-4-6-9-16)18(24)13-27-21(25)19-15(3)28-20(22-19)17-10-7-11-26-17/h4-11,14H,12-13H2,1-3H3. The van der Waals surface area contributed by atoms with Crippen LogP contribution < -0.4 is 0 Å². The van der Waals surface area contributed by atoms with Crippen molar-refractivity contribution < 1.29 is 18.7 Å². The van der Waals surface area contributed by atoms with Gasteiger partial charge in [-0.05, 0) is 38.5 Å². The maximum absolute atomic E-state index is 12.6. The highest BCUT2D eigenvalue weighted by molar-refractivity contribution is 7.15. The third-order valence-electron chi connectivity index (χ3n) is 4.19. The Kier molecular flexibility index (Phi) is 6.26. The lowest BCUT2D eigenvalue weighted by Crippen LogP contribution is -2.39. The van der Waals surface area contributed by atoms with Gasteiger partial charge in [-0.2, -0.15) is 0 Å². The Balaban J connectivity index is 1.63. The number of hydrogen-bond donors (Lipinski definition) is 0. The zero-order valence-electron chi connectivity index (χ0n) is 16.0. The van der Waals surface area contributed by atoms with E-state index in [2.05, 4.69) is 4.98 Å². The second-order valence-electron chi connectivity index (χ2n) is 6.58. The smallest absolute Gasteiger partial charge is 0.358 e. The predicted molar refractivity (Wildman–Crippen MR) is 107 cm³/mol. The summed E-state index contributed by atoms with van der Waals surface area (Å²) in [5.41, 5.74) is 1.23. The van der Waals surface area contributed by atoms with Crippen LogP contribution in [0.4, 0.5) is 0 Å². The fourth-order valence-corrected chi connectivity index (χ4v) is 3.58. The molecule has 1 aromatic carbocycles. The lowest BCUT2D eigenvalue weighted by molar-refractivity contribution is -0.136. The van der Waals surface area contributed by atoms with Crippen LogP contribution in [0.5, 0.6) is 0 Å². The van der Waals surface area contributed by atoms with Gasteiger partial charge in [0.1, 0.15) is 0 Å². The first-order valence-corrected chi connectivity index (χ1v) is 9.79. The van der Waals surface area contributed by atoms with E-state index in [9.17, 15) is 9.59 Å². The summed E-state index contributed by atoms with van der Waals surface area (Å²) < 4.78 is 10.6. The third-order valence-corrected chi connectivity index (χ3v) is 5.17. The summed E-state index contributed by atoms with van der Waals surface area (Å²) in [7, 11) is 0. The van der Waals surface area contributed by atoms with Crippen molar-refractivity contribution in [3.8, 4) is 10.8 Å². The highest BCUT2D eigenvalue weighted by Crippen LogP contribution is 2.28. The SMILES string of the molecule is Cc1sc(-c2ccco2)nc1C(=O)OCC(=O)N(Cc1ccccc1)C(C)C. The number of nitrogens with zero attached hydrogens (tertiary/aromatic N) is 2. The van der Waals surface area contributed by atoms with Crippen molar-refractivity contribution >= 4 is 23.2 Å². The second kappa shape index (κ2) is 8.84. The molecule has 28 heavy (non-hydrogen) atoms. The van der Waals surface area contributed by atoms with E-state index in [0.717, 1.165) is 5.56 Å². The zero-order chi connectivity index (χ0) is 20.1. The van der Waals surface area contributed by atoms with E-state index in [0.29, 0.717) is 22.2 Å². The molecule has 0 bridgehead atoms. The van der Waals surface area contributed by atoms with Gasteiger partial charge in [0, 0.05) is 17.5 Å². The molecule has 7 heteroatoms. The summed E-state index contributed by atoms with van der Waals surface area (Å²) in [6.07, 6.45) is 1.55. The molecule has 146 valence electrons. The van der Waals surface area contributed by atoms with E-state index in [1.54, 1.807) is 30.2 Å². The van der Waals surface area contributed by atoms with E-state index in [4.69, 9.17) is 9.15 Å². The maximum Gasteiger partial charge on any atom is 0.358 e. The Hall–Kier alpha value is -2.93. The molecule has 0 aliphatic heterocycles. The second-order valence-corrected chi connectivity index (χ2v) is 7.78. The Labute approximate surface area is 167 Å². The minimum atomic E-state index is -0.608. The first kappa shape index (κ1) is 19.8. The van der Waals surface area contributed by atoms with Gasteiger partial charge in [-0.25, -0.2) is 9.78 Å². The number of hydrogen-bond acceptors (Lipinski definition) is 6. The third kappa shape index (κ3) is 4.67. The zero-order valence-corrected chi connectivity index (χ0v) is 16.9. The maximum atomic E-state index is 12.6. The fourth-order valence-electron chi connectivity index (χ4n) is 2.71. The number of amides is 1. The summed E-state index contributed by atoms with van der Waals surface area (Å²) in [6, 6.07) is 13.2. The number of benzene rings is 1. The minimum absolute atomic E-state index is 0.0158. The van der Waals surface area contributed by atoms with Gasteiger partial charge in [0.05, 0.1) is 6.26 Å². The van der Waals surface area contributed by atoms with Gasteiger partial charge in [-0.15, -0.1) is 11.3 Å². The molecule has 2 heterocycles. The normalized spacial score (nSPS) is 10.9. The first-order valence-electron chi connectivity index (χ1n) is 8.97. The van der Waals surface area contributed by atoms with Crippen molar-refractivity contribution in [1.82, 2.24) is 9.88 Å². The van der Waals surface area contributed by atoms with Crippen molar-refractivity contribution in [3.63, 3.8) is 0 Å². The van der Waals surface area contributed by atoms with Gasteiger partial charge in [-0.1, -0.05) is 30.3 Å². The van der Waals surface area contributed by atoms with Crippen molar-refractivity contribution in [2.75, 3.05) is 6.61 Å². The van der Waals surface area contributed by atoms with Crippen LogP contribution in [0.1, 0.15) is 34.8 Å². The summed E-state index contributed by atoms with van der Waals surface area (Å²) in [4.78, 5) is 31.7. The molecule has 3 rings (SSSR count). The lowest BCUT2D eigenvalue weighted by Gasteiger charge is -2.26. The van der Waals surface area contributed by atoms with E-state index < -0.39 is 5.97 Å². The predicted octanol–water partition coefficient (Wildman–Crippen LogP) is 4.31. The quantitative estimate of drug-likeness (QED) is 0.555. The first-order chi connectivity index (χ1) is 13.5. The van der Waals surface area contributed by atoms with Gasteiger partial charge in [-0.3, -0.25) is 4.79 Å². The Morgan fingerprint density at radius 2 is 1.93 bits per heavy atom. The molecule has 0 saturated heterocycles. The van der Waals surface area contributed by atoms with Crippen LogP contribution in [0.15, 0.2) is 53.1 Å². The van der Waals surface area contributed by atoms with Gasteiger partial charge in [0.25, 0.3) is 5.91 Å². The fraction of sp³-hybridized carbons (Fsp3) is 0.286.